The van der Waals surface area contributed by atoms with Crippen LogP contribution in [0, 0.1) is 19.7 Å². The fraction of sp³-hybridized carbons (Fsp3) is 0.375. The zero-order valence-corrected chi connectivity index (χ0v) is 12.4. The summed E-state index contributed by atoms with van der Waals surface area (Å²) in [7, 11) is 0. The lowest BCUT2D eigenvalue weighted by molar-refractivity contribution is 0.595. The molecule has 0 radical (unpaired) electrons. The Labute approximate surface area is 124 Å². The van der Waals surface area contributed by atoms with Crippen molar-refractivity contribution in [3.05, 3.63) is 47.7 Å². The number of aryl methyl sites for hydroxylation is 2. The first-order chi connectivity index (χ1) is 10.1. The topological polar surface area (TPSA) is 32.3 Å². The molecule has 0 unspecified atom stereocenters. The van der Waals surface area contributed by atoms with Crippen molar-refractivity contribution in [2.45, 2.75) is 13.8 Å². The van der Waals surface area contributed by atoms with Crippen LogP contribution >= 0.6 is 0 Å². The molecule has 1 aliphatic rings. The third-order valence-electron chi connectivity index (χ3n) is 3.75. The summed E-state index contributed by atoms with van der Waals surface area (Å²) in [5.41, 5.74) is 1.67. The zero-order chi connectivity index (χ0) is 14.8. The molecule has 1 fully saturated rings. The first kappa shape index (κ1) is 13.8. The van der Waals surface area contributed by atoms with Crippen molar-refractivity contribution in [2.24, 2.45) is 0 Å². The molecule has 110 valence electrons. The third-order valence-corrected chi connectivity index (χ3v) is 3.75. The first-order valence-corrected chi connectivity index (χ1v) is 7.20. The minimum absolute atomic E-state index is 0.153. The smallest absolute Gasteiger partial charge is 0.146 e. The van der Waals surface area contributed by atoms with Crippen molar-refractivity contribution in [2.75, 3.05) is 36.0 Å². The normalized spacial score (nSPS) is 15.4. The maximum Gasteiger partial charge on any atom is 0.146 e. The Morgan fingerprint density at radius 1 is 0.952 bits per heavy atom. The molecule has 1 aliphatic heterocycles. The van der Waals surface area contributed by atoms with Crippen molar-refractivity contribution in [1.82, 2.24) is 9.97 Å². The van der Waals surface area contributed by atoms with E-state index in [2.05, 4.69) is 19.8 Å². The van der Waals surface area contributed by atoms with Crippen LogP contribution in [-0.4, -0.2) is 36.1 Å². The summed E-state index contributed by atoms with van der Waals surface area (Å²) in [4.78, 5) is 13.1. The van der Waals surface area contributed by atoms with Crippen LogP contribution in [0.2, 0.25) is 0 Å². The molecule has 2 aromatic rings. The quantitative estimate of drug-likeness (QED) is 0.849. The fourth-order valence-corrected chi connectivity index (χ4v) is 2.74. The van der Waals surface area contributed by atoms with Crippen molar-refractivity contribution >= 4 is 11.5 Å². The number of hydrogen-bond acceptors (Lipinski definition) is 4. The monoisotopic (exact) mass is 286 g/mol. The summed E-state index contributed by atoms with van der Waals surface area (Å²) in [6, 6.07) is 8.96. The Morgan fingerprint density at radius 2 is 1.62 bits per heavy atom. The number of benzene rings is 1. The average molecular weight is 286 g/mol. The van der Waals surface area contributed by atoms with Crippen molar-refractivity contribution in [3.8, 4) is 0 Å². The zero-order valence-electron chi connectivity index (χ0n) is 12.4. The number of nitrogens with zero attached hydrogens (tertiary/aromatic N) is 4. The Hall–Kier alpha value is -2.17. The number of halogens is 1. The van der Waals surface area contributed by atoms with Gasteiger partial charge in [0.2, 0.25) is 0 Å². The summed E-state index contributed by atoms with van der Waals surface area (Å²) in [5.74, 6) is 1.61. The van der Waals surface area contributed by atoms with Gasteiger partial charge in [-0.1, -0.05) is 12.1 Å². The molecule has 0 atom stereocenters. The van der Waals surface area contributed by atoms with E-state index in [0.717, 1.165) is 43.5 Å². The lowest BCUT2D eigenvalue weighted by atomic mass is 10.2. The minimum atomic E-state index is -0.153. The number of hydrogen-bond donors (Lipinski definition) is 0. The molecule has 1 saturated heterocycles. The van der Waals surface area contributed by atoms with Gasteiger partial charge in [0.25, 0.3) is 0 Å². The van der Waals surface area contributed by atoms with E-state index in [1.807, 2.05) is 32.0 Å². The van der Waals surface area contributed by atoms with Gasteiger partial charge in [0.1, 0.15) is 17.5 Å². The third kappa shape index (κ3) is 2.96. The maximum atomic E-state index is 13.8. The molecule has 3 rings (SSSR count). The van der Waals surface area contributed by atoms with Gasteiger partial charge in [-0.15, -0.1) is 0 Å². The molecule has 0 N–H and O–H groups in total. The lowest BCUT2D eigenvalue weighted by Gasteiger charge is -2.36. The van der Waals surface area contributed by atoms with E-state index in [0.29, 0.717) is 5.69 Å². The fourth-order valence-electron chi connectivity index (χ4n) is 2.74. The molecule has 21 heavy (non-hydrogen) atoms. The predicted molar refractivity (Wildman–Crippen MR) is 82.3 cm³/mol. The number of para-hydroxylation sites is 1. The molecular formula is C16H19FN4. The molecular weight excluding hydrogens is 267 g/mol. The van der Waals surface area contributed by atoms with E-state index in [4.69, 9.17) is 0 Å². The van der Waals surface area contributed by atoms with Crippen molar-refractivity contribution in [1.29, 1.82) is 0 Å². The SMILES string of the molecule is Cc1cc(N2CCN(c3ccccc3F)CC2)nc(C)n1. The molecule has 0 bridgehead atoms. The number of rotatable bonds is 2. The summed E-state index contributed by atoms with van der Waals surface area (Å²) in [6.45, 7) is 7.15. The largest absolute Gasteiger partial charge is 0.366 e. The van der Waals surface area contributed by atoms with Crippen LogP contribution in [0.15, 0.2) is 30.3 Å². The van der Waals surface area contributed by atoms with E-state index >= 15 is 0 Å². The molecule has 0 amide bonds. The minimum Gasteiger partial charge on any atom is -0.366 e. The highest BCUT2D eigenvalue weighted by Crippen LogP contribution is 2.22. The van der Waals surface area contributed by atoms with Crippen LogP contribution in [0.5, 0.6) is 0 Å². The average Bonchev–Trinajstić information content (AvgIpc) is 2.47. The second kappa shape index (κ2) is 5.68. The maximum absolute atomic E-state index is 13.8. The van der Waals surface area contributed by atoms with Crippen LogP contribution in [-0.2, 0) is 0 Å². The highest BCUT2D eigenvalue weighted by atomic mass is 19.1. The van der Waals surface area contributed by atoms with E-state index in [-0.39, 0.29) is 5.82 Å². The molecule has 0 saturated carbocycles. The van der Waals surface area contributed by atoms with Gasteiger partial charge in [0.05, 0.1) is 5.69 Å². The number of piperazine rings is 1. The number of aromatic nitrogens is 2. The molecule has 4 nitrogen and oxygen atoms in total. The second-order valence-corrected chi connectivity index (χ2v) is 5.34. The van der Waals surface area contributed by atoms with Crippen LogP contribution in [0.1, 0.15) is 11.5 Å². The molecule has 0 spiro atoms. The van der Waals surface area contributed by atoms with Crippen LogP contribution < -0.4 is 9.80 Å². The Morgan fingerprint density at radius 3 is 2.29 bits per heavy atom. The summed E-state index contributed by atoms with van der Waals surface area (Å²) in [6.07, 6.45) is 0. The highest BCUT2D eigenvalue weighted by Gasteiger charge is 2.20. The van der Waals surface area contributed by atoms with E-state index in [1.165, 1.54) is 6.07 Å². The number of anilines is 2. The van der Waals surface area contributed by atoms with E-state index in [1.54, 1.807) is 6.07 Å². The molecule has 5 heteroatoms. The summed E-state index contributed by atoms with van der Waals surface area (Å²) in [5, 5.41) is 0. The van der Waals surface area contributed by atoms with E-state index < -0.39 is 0 Å². The Kier molecular flexibility index (Phi) is 3.73. The molecule has 0 aliphatic carbocycles. The predicted octanol–water partition coefficient (Wildman–Crippen LogP) is 2.56. The first-order valence-electron chi connectivity index (χ1n) is 7.20. The Bertz CT molecular complexity index is 616. The lowest BCUT2D eigenvalue weighted by Crippen LogP contribution is -2.47. The standard InChI is InChI=1S/C16H19FN4/c1-12-11-16(19-13(2)18-12)21-9-7-20(8-10-21)15-6-4-3-5-14(15)17/h3-6,11H,7-10H2,1-2H3. The summed E-state index contributed by atoms with van der Waals surface area (Å²) < 4.78 is 13.8. The molecule has 2 heterocycles. The second-order valence-electron chi connectivity index (χ2n) is 5.34. The van der Waals surface area contributed by atoms with Gasteiger partial charge in [0, 0.05) is 37.9 Å². The van der Waals surface area contributed by atoms with Crippen LogP contribution in [0.3, 0.4) is 0 Å². The summed E-state index contributed by atoms with van der Waals surface area (Å²) >= 11 is 0. The highest BCUT2D eigenvalue weighted by molar-refractivity contribution is 5.50. The van der Waals surface area contributed by atoms with Crippen LogP contribution in [0.4, 0.5) is 15.9 Å². The van der Waals surface area contributed by atoms with E-state index in [9.17, 15) is 4.39 Å². The van der Waals surface area contributed by atoms with Gasteiger partial charge in [0.15, 0.2) is 0 Å². The van der Waals surface area contributed by atoms with Gasteiger partial charge in [-0.2, -0.15) is 0 Å². The van der Waals surface area contributed by atoms with Crippen molar-refractivity contribution in [3.63, 3.8) is 0 Å². The molecule has 1 aromatic heterocycles. The molecule has 1 aromatic carbocycles. The van der Waals surface area contributed by atoms with Crippen LogP contribution in [0.25, 0.3) is 0 Å². The van der Waals surface area contributed by atoms with Gasteiger partial charge in [-0.05, 0) is 26.0 Å². The van der Waals surface area contributed by atoms with Gasteiger partial charge >= 0.3 is 0 Å². The van der Waals surface area contributed by atoms with Crippen molar-refractivity contribution < 1.29 is 4.39 Å². The van der Waals surface area contributed by atoms with Gasteiger partial charge in [-0.25, -0.2) is 14.4 Å². The van der Waals surface area contributed by atoms with Gasteiger partial charge < -0.3 is 9.80 Å². The van der Waals surface area contributed by atoms with Gasteiger partial charge in [-0.3, -0.25) is 0 Å². The Balaban J connectivity index is 1.72.